The predicted molar refractivity (Wildman–Crippen MR) is 98.9 cm³/mol. The lowest BCUT2D eigenvalue weighted by molar-refractivity contribution is -0.121. The van der Waals surface area contributed by atoms with Crippen LogP contribution in [0.2, 0.25) is 0 Å². The molecule has 4 N–H and O–H groups in total. The van der Waals surface area contributed by atoms with Crippen LogP contribution in [0.15, 0.2) is 41.4 Å². The van der Waals surface area contributed by atoms with E-state index in [4.69, 9.17) is 5.11 Å². The fourth-order valence-corrected chi connectivity index (χ4v) is 3.51. The second-order valence-corrected chi connectivity index (χ2v) is 8.05. The molecule has 0 fully saturated rings. The van der Waals surface area contributed by atoms with Gasteiger partial charge in [0.1, 0.15) is 6.04 Å². The van der Waals surface area contributed by atoms with Crippen LogP contribution < -0.4 is 10.0 Å². The van der Waals surface area contributed by atoms with Gasteiger partial charge in [0.15, 0.2) is 0 Å². The molecule has 10 nitrogen and oxygen atoms in total. The normalized spacial score (nSPS) is 12.4. The van der Waals surface area contributed by atoms with Crippen molar-refractivity contribution in [2.45, 2.75) is 31.2 Å². The molecule has 0 spiro atoms. The average Bonchev–Trinajstić information content (AvgIpc) is 2.60. The van der Waals surface area contributed by atoms with E-state index in [0.717, 1.165) is 0 Å². The van der Waals surface area contributed by atoms with Gasteiger partial charge in [-0.15, -0.1) is 0 Å². The molecular weight excluding hydrogens is 388 g/mol. The van der Waals surface area contributed by atoms with Gasteiger partial charge in [0.2, 0.25) is 0 Å². The van der Waals surface area contributed by atoms with Gasteiger partial charge in [0.25, 0.3) is 15.9 Å². The van der Waals surface area contributed by atoms with E-state index in [1.54, 1.807) is 19.9 Å². The Bertz CT molecular complexity index is 977. The number of nitrogens with one attached hydrogen (secondary N) is 2. The van der Waals surface area contributed by atoms with Crippen molar-refractivity contribution >= 4 is 22.0 Å². The molecule has 0 aliphatic rings. The van der Waals surface area contributed by atoms with Gasteiger partial charge in [-0.3, -0.25) is 4.79 Å². The largest absolute Gasteiger partial charge is 0.479 e. The first-order valence-electron chi connectivity index (χ1n) is 8.27. The van der Waals surface area contributed by atoms with Crippen LogP contribution in [0.4, 0.5) is 4.79 Å². The van der Waals surface area contributed by atoms with E-state index in [1.165, 1.54) is 30.5 Å². The van der Waals surface area contributed by atoms with Crippen molar-refractivity contribution in [2.24, 2.45) is 5.92 Å². The van der Waals surface area contributed by atoms with Crippen molar-refractivity contribution in [3.05, 3.63) is 36.5 Å². The van der Waals surface area contributed by atoms with Gasteiger partial charge >= 0.3 is 12.1 Å². The van der Waals surface area contributed by atoms with Gasteiger partial charge in [0.05, 0.1) is 10.6 Å². The van der Waals surface area contributed by atoms with Crippen LogP contribution in [0.25, 0.3) is 11.3 Å². The van der Waals surface area contributed by atoms with Crippen LogP contribution in [0.5, 0.6) is 6.01 Å². The number of carboxylic acid groups (broad SMARTS) is 1. The zero-order valence-electron chi connectivity index (χ0n) is 15.2. The number of rotatable bonds is 7. The molecule has 1 atom stereocenters. The van der Waals surface area contributed by atoms with Crippen molar-refractivity contribution in [1.82, 2.24) is 20.0 Å². The molecule has 1 aromatic carbocycles. The van der Waals surface area contributed by atoms with Gasteiger partial charge < -0.3 is 15.5 Å². The number of aromatic hydroxyl groups is 1. The molecule has 1 unspecified atom stereocenters. The van der Waals surface area contributed by atoms with E-state index in [1.807, 2.05) is 10.0 Å². The summed E-state index contributed by atoms with van der Waals surface area (Å²) >= 11 is 0. The van der Waals surface area contributed by atoms with E-state index >= 15 is 0 Å². The number of amides is 2. The second kappa shape index (κ2) is 8.65. The molecule has 1 aromatic heterocycles. The Labute approximate surface area is 161 Å². The Morgan fingerprint density at radius 3 is 2.54 bits per heavy atom. The van der Waals surface area contributed by atoms with E-state index < -0.39 is 34.1 Å². The molecule has 11 heteroatoms. The third kappa shape index (κ3) is 5.64. The maximum atomic E-state index is 12.6. The summed E-state index contributed by atoms with van der Waals surface area (Å²) in [6.07, 6.45) is 0.0200. The number of hydrogen-bond acceptors (Lipinski definition) is 7. The summed E-state index contributed by atoms with van der Waals surface area (Å²) in [7, 11) is -4.26. The van der Waals surface area contributed by atoms with E-state index in [-0.39, 0.29) is 17.2 Å². The number of sulfonamides is 1. The predicted octanol–water partition coefficient (Wildman–Crippen LogP) is 1.34. The third-order valence-corrected chi connectivity index (χ3v) is 4.98. The summed E-state index contributed by atoms with van der Waals surface area (Å²) in [6.45, 7) is 3.55. The fourth-order valence-electron chi connectivity index (χ4n) is 2.45. The highest BCUT2D eigenvalue weighted by atomic mass is 32.2. The fraction of sp³-hybridized carbons (Fsp3) is 0.294. The maximum absolute atomic E-state index is 12.6. The molecule has 2 aromatic rings. The van der Waals surface area contributed by atoms with Crippen molar-refractivity contribution in [3.63, 3.8) is 0 Å². The topological polar surface area (TPSA) is 159 Å². The van der Waals surface area contributed by atoms with Crippen LogP contribution in [0.3, 0.4) is 0 Å². The standard InChI is InChI=1S/C17H20N4O6S/c1-10(2)8-14(20-17(24)25)15(22)21-28(26,27)12-5-3-4-11(9-12)13-6-7-18-16(23)19-13/h3-7,9-10,14,20H,8H2,1-2H3,(H,21,22)(H,24,25)(H,18,19,23). The molecule has 0 aliphatic carbocycles. The quantitative estimate of drug-likeness (QED) is 0.534. The van der Waals surface area contributed by atoms with Gasteiger partial charge in [-0.25, -0.2) is 22.9 Å². The molecular formula is C17H20N4O6S. The molecule has 0 aliphatic heterocycles. The number of aromatic nitrogens is 2. The van der Waals surface area contributed by atoms with Crippen LogP contribution >= 0.6 is 0 Å². The number of nitrogens with zero attached hydrogens (tertiary/aromatic N) is 2. The number of carbonyl (C=O) groups is 2. The lowest BCUT2D eigenvalue weighted by Gasteiger charge is -2.18. The summed E-state index contributed by atoms with van der Waals surface area (Å²) < 4.78 is 27.1. The van der Waals surface area contributed by atoms with Crippen LogP contribution in [-0.4, -0.2) is 46.6 Å². The van der Waals surface area contributed by atoms with Gasteiger partial charge in [-0.2, -0.15) is 4.98 Å². The molecule has 0 saturated carbocycles. The molecule has 0 saturated heterocycles. The summed E-state index contributed by atoms with van der Waals surface area (Å²) in [4.78, 5) is 30.4. The molecule has 150 valence electrons. The molecule has 2 amide bonds. The summed E-state index contributed by atoms with van der Waals surface area (Å²) in [5.41, 5.74) is 0.677. The number of hydrogen-bond donors (Lipinski definition) is 4. The molecule has 2 rings (SSSR count). The summed E-state index contributed by atoms with van der Waals surface area (Å²) in [5.74, 6) is -1.01. The maximum Gasteiger partial charge on any atom is 0.405 e. The van der Waals surface area contributed by atoms with Gasteiger partial charge in [-0.1, -0.05) is 26.0 Å². The van der Waals surface area contributed by atoms with Gasteiger partial charge in [-0.05, 0) is 30.5 Å². The van der Waals surface area contributed by atoms with Crippen LogP contribution in [0.1, 0.15) is 20.3 Å². The lowest BCUT2D eigenvalue weighted by Crippen LogP contribution is -2.48. The third-order valence-electron chi connectivity index (χ3n) is 3.64. The van der Waals surface area contributed by atoms with E-state index in [0.29, 0.717) is 11.3 Å². The Kier molecular flexibility index (Phi) is 6.52. The van der Waals surface area contributed by atoms with E-state index in [9.17, 15) is 23.1 Å². The Balaban J connectivity index is 2.27. The molecule has 0 radical (unpaired) electrons. The van der Waals surface area contributed by atoms with Crippen molar-refractivity contribution in [1.29, 1.82) is 0 Å². The summed E-state index contributed by atoms with van der Waals surface area (Å²) in [5, 5.41) is 20.3. The van der Waals surface area contributed by atoms with Crippen molar-refractivity contribution < 1.29 is 28.2 Å². The number of carbonyl (C=O) groups excluding carboxylic acids is 1. The van der Waals surface area contributed by atoms with E-state index in [2.05, 4.69) is 9.97 Å². The van der Waals surface area contributed by atoms with Crippen molar-refractivity contribution in [2.75, 3.05) is 0 Å². The minimum absolute atomic E-state index is 0.0425. The zero-order chi connectivity index (χ0) is 20.9. The Morgan fingerprint density at radius 2 is 1.93 bits per heavy atom. The van der Waals surface area contributed by atoms with Gasteiger partial charge in [0, 0.05) is 11.8 Å². The minimum Gasteiger partial charge on any atom is -0.479 e. The monoisotopic (exact) mass is 408 g/mol. The SMILES string of the molecule is CC(C)CC(NC(=O)O)C(=O)NS(=O)(=O)c1cccc(-c2ccnc(O)n2)c1. The zero-order valence-corrected chi connectivity index (χ0v) is 16.0. The first kappa shape index (κ1) is 21.1. The van der Waals surface area contributed by atoms with Crippen LogP contribution in [-0.2, 0) is 14.8 Å². The highest BCUT2D eigenvalue weighted by Crippen LogP contribution is 2.21. The lowest BCUT2D eigenvalue weighted by atomic mass is 10.0. The highest BCUT2D eigenvalue weighted by molar-refractivity contribution is 7.90. The number of benzene rings is 1. The first-order valence-corrected chi connectivity index (χ1v) is 9.75. The molecule has 28 heavy (non-hydrogen) atoms. The van der Waals surface area contributed by atoms with Crippen LogP contribution in [0, 0.1) is 5.92 Å². The molecule has 0 bridgehead atoms. The average molecular weight is 408 g/mol. The Morgan fingerprint density at radius 1 is 1.21 bits per heavy atom. The van der Waals surface area contributed by atoms with Crippen molar-refractivity contribution in [3.8, 4) is 17.3 Å². The second-order valence-electron chi connectivity index (χ2n) is 6.37. The Hall–Kier alpha value is -3.21. The highest BCUT2D eigenvalue weighted by Gasteiger charge is 2.27. The summed E-state index contributed by atoms with van der Waals surface area (Å²) in [6, 6.07) is 5.40. The minimum atomic E-state index is -4.26. The first-order chi connectivity index (χ1) is 13.1. The molecule has 1 heterocycles. The smallest absolute Gasteiger partial charge is 0.405 e.